The minimum atomic E-state index is 0.445. The number of nitrogens with zero attached hydrogens (tertiary/aromatic N) is 3. The molecule has 0 atom stereocenters. The first-order chi connectivity index (χ1) is 8.13. The predicted octanol–water partition coefficient (Wildman–Crippen LogP) is 2.82. The highest BCUT2D eigenvalue weighted by Crippen LogP contribution is 2.30. The summed E-state index contributed by atoms with van der Waals surface area (Å²) in [6, 6.07) is 3.65. The molecule has 2 aromatic rings. The number of aromatic nitrogens is 3. The van der Waals surface area contributed by atoms with Crippen LogP contribution in [0.2, 0.25) is 5.15 Å². The minimum Gasteiger partial charge on any atom is -0.494 e. The molecule has 4 nitrogen and oxygen atoms in total. The number of rotatable bonds is 2. The van der Waals surface area contributed by atoms with E-state index in [0.29, 0.717) is 28.1 Å². The normalized spacial score (nSPS) is 10.4. The molecule has 0 bridgehead atoms. The zero-order valence-electron chi connectivity index (χ0n) is 9.86. The molecule has 0 fully saturated rings. The monoisotopic (exact) mass is 249 g/mol. The first-order valence-corrected chi connectivity index (χ1v) is 5.51. The van der Waals surface area contributed by atoms with Gasteiger partial charge in [-0.25, -0.2) is 9.97 Å². The smallest absolute Gasteiger partial charge is 0.146 e. The molecule has 0 saturated carbocycles. The number of hydrogen-bond acceptors (Lipinski definition) is 4. The molecule has 88 valence electrons. The van der Waals surface area contributed by atoms with Gasteiger partial charge in [-0.1, -0.05) is 11.6 Å². The fourth-order valence-electron chi connectivity index (χ4n) is 1.56. The fraction of sp³-hybridized carbons (Fsp3) is 0.250. The van der Waals surface area contributed by atoms with Gasteiger partial charge in [0.25, 0.3) is 0 Å². The van der Waals surface area contributed by atoms with Crippen LogP contribution in [0, 0.1) is 13.8 Å². The maximum absolute atomic E-state index is 6.04. The average molecular weight is 250 g/mol. The maximum atomic E-state index is 6.04. The Balaban J connectivity index is 2.68. The van der Waals surface area contributed by atoms with Gasteiger partial charge in [-0.2, -0.15) is 0 Å². The van der Waals surface area contributed by atoms with Gasteiger partial charge in [0.15, 0.2) is 0 Å². The summed E-state index contributed by atoms with van der Waals surface area (Å²) < 4.78 is 5.27. The molecule has 0 unspecified atom stereocenters. The van der Waals surface area contributed by atoms with Crippen LogP contribution in [-0.2, 0) is 0 Å². The van der Waals surface area contributed by atoms with E-state index in [4.69, 9.17) is 16.3 Å². The van der Waals surface area contributed by atoms with Gasteiger partial charge in [-0.3, -0.25) is 4.98 Å². The van der Waals surface area contributed by atoms with Crippen LogP contribution in [0.3, 0.4) is 0 Å². The van der Waals surface area contributed by atoms with Crippen LogP contribution in [-0.4, -0.2) is 22.1 Å². The summed E-state index contributed by atoms with van der Waals surface area (Å²) >= 11 is 6.04. The molecule has 0 saturated heterocycles. The second kappa shape index (κ2) is 4.67. The first kappa shape index (κ1) is 11.8. The lowest BCUT2D eigenvalue weighted by Gasteiger charge is -2.10. The summed E-state index contributed by atoms with van der Waals surface area (Å²) in [6.45, 7) is 3.66. The van der Waals surface area contributed by atoms with E-state index >= 15 is 0 Å². The molecule has 0 spiro atoms. The Hall–Kier alpha value is -1.68. The predicted molar refractivity (Wildman–Crippen MR) is 66.3 cm³/mol. The third-order valence-electron chi connectivity index (χ3n) is 2.41. The van der Waals surface area contributed by atoms with Gasteiger partial charge in [0, 0.05) is 11.8 Å². The van der Waals surface area contributed by atoms with Gasteiger partial charge in [0.1, 0.15) is 28.1 Å². The van der Waals surface area contributed by atoms with Crippen molar-refractivity contribution in [1.82, 2.24) is 15.0 Å². The third-order valence-corrected chi connectivity index (χ3v) is 2.78. The second-order valence-electron chi connectivity index (χ2n) is 3.59. The van der Waals surface area contributed by atoms with E-state index in [-0.39, 0.29) is 0 Å². The number of methoxy groups -OCH3 is 1. The Morgan fingerprint density at radius 1 is 1.18 bits per heavy atom. The average Bonchev–Trinajstić information content (AvgIpc) is 2.33. The summed E-state index contributed by atoms with van der Waals surface area (Å²) in [5, 5.41) is 0.445. The zero-order chi connectivity index (χ0) is 12.4. The lowest BCUT2D eigenvalue weighted by molar-refractivity contribution is 0.414. The molecule has 5 heteroatoms. The highest BCUT2D eigenvalue weighted by Gasteiger charge is 2.14. The van der Waals surface area contributed by atoms with E-state index in [1.165, 1.54) is 0 Å². The van der Waals surface area contributed by atoms with Crippen molar-refractivity contribution in [3.63, 3.8) is 0 Å². The Bertz CT molecular complexity index is 557. The first-order valence-electron chi connectivity index (χ1n) is 5.13. The Morgan fingerprint density at radius 2 is 1.94 bits per heavy atom. The van der Waals surface area contributed by atoms with Crippen LogP contribution < -0.4 is 4.74 Å². The molecule has 0 N–H and O–H groups in total. The molecule has 2 rings (SSSR count). The SMILES string of the molecule is COc1cccnc1-c1nc(C)nc(Cl)c1C. The van der Waals surface area contributed by atoms with Gasteiger partial charge in [-0.15, -0.1) is 0 Å². The Labute approximate surface area is 105 Å². The highest BCUT2D eigenvalue weighted by molar-refractivity contribution is 6.30. The van der Waals surface area contributed by atoms with Crippen LogP contribution in [0.1, 0.15) is 11.4 Å². The molecule has 2 aromatic heterocycles. The van der Waals surface area contributed by atoms with E-state index in [1.807, 2.05) is 19.1 Å². The van der Waals surface area contributed by atoms with Crippen molar-refractivity contribution in [3.05, 3.63) is 34.9 Å². The summed E-state index contributed by atoms with van der Waals surface area (Å²) in [4.78, 5) is 12.8. The number of ether oxygens (including phenoxy) is 1. The molecule has 0 amide bonds. The van der Waals surface area contributed by atoms with Crippen LogP contribution in [0.4, 0.5) is 0 Å². The summed E-state index contributed by atoms with van der Waals surface area (Å²) in [5.41, 5.74) is 2.19. The van der Waals surface area contributed by atoms with E-state index in [1.54, 1.807) is 20.2 Å². The van der Waals surface area contributed by atoms with E-state index in [2.05, 4.69) is 15.0 Å². The van der Waals surface area contributed by atoms with Crippen LogP contribution in [0.15, 0.2) is 18.3 Å². The van der Waals surface area contributed by atoms with Gasteiger partial charge in [0.05, 0.1) is 7.11 Å². The lowest BCUT2D eigenvalue weighted by Crippen LogP contribution is -1.99. The van der Waals surface area contributed by atoms with Crippen molar-refractivity contribution in [1.29, 1.82) is 0 Å². The summed E-state index contributed by atoms with van der Waals surface area (Å²) in [6.07, 6.45) is 1.70. The van der Waals surface area contributed by atoms with E-state index in [0.717, 1.165) is 5.56 Å². The van der Waals surface area contributed by atoms with Crippen LogP contribution >= 0.6 is 11.6 Å². The van der Waals surface area contributed by atoms with Crippen LogP contribution in [0.25, 0.3) is 11.4 Å². The summed E-state index contributed by atoms with van der Waals surface area (Å²) in [7, 11) is 1.60. The van der Waals surface area contributed by atoms with Crippen molar-refractivity contribution < 1.29 is 4.74 Å². The molecular weight excluding hydrogens is 238 g/mol. The Morgan fingerprint density at radius 3 is 2.65 bits per heavy atom. The second-order valence-corrected chi connectivity index (χ2v) is 3.95. The number of aryl methyl sites for hydroxylation is 1. The quantitative estimate of drug-likeness (QED) is 0.768. The number of hydrogen-bond donors (Lipinski definition) is 0. The summed E-state index contributed by atoms with van der Waals surface area (Å²) in [5.74, 6) is 1.29. The Kier molecular flexibility index (Phi) is 3.24. The molecule has 0 radical (unpaired) electrons. The van der Waals surface area contributed by atoms with Crippen LogP contribution in [0.5, 0.6) is 5.75 Å². The standard InChI is InChI=1S/C12H12ClN3O/c1-7-10(15-8(2)16-12(7)13)11-9(17-3)5-4-6-14-11/h4-6H,1-3H3. The van der Waals surface area contributed by atoms with Crippen molar-refractivity contribution in [3.8, 4) is 17.1 Å². The van der Waals surface area contributed by atoms with Gasteiger partial charge in [0.2, 0.25) is 0 Å². The maximum Gasteiger partial charge on any atom is 0.146 e. The molecule has 0 aromatic carbocycles. The number of halogens is 1. The van der Waals surface area contributed by atoms with Gasteiger partial charge >= 0.3 is 0 Å². The molecule has 0 aliphatic heterocycles. The van der Waals surface area contributed by atoms with Gasteiger partial charge in [-0.05, 0) is 26.0 Å². The molecule has 0 aliphatic carbocycles. The van der Waals surface area contributed by atoms with Crippen molar-refractivity contribution >= 4 is 11.6 Å². The molecule has 17 heavy (non-hydrogen) atoms. The van der Waals surface area contributed by atoms with E-state index < -0.39 is 0 Å². The van der Waals surface area contributed by atoms with Crippen molar-refractivity contribution in [2.75, 3.05) is 7.11 Å². The molecule has 0 aliphatic rings. The minimum absolute atomic E-state index is 0.445. The topological polar surface area (TPSA) is 47.9 Å². The highest BCUT2D eigenvalue weighted by atomic mass is 35.5. The molecule has 2 heterocycles. The largest absolute Gasteiger partial charge is 0.494 e. The van der Waals surface area contributed by atoms with Gasteiger partial charge < -0.3 is 4.74 Å². The lowest BCUT2D eigenvalue weighted by atomic mass is 10.1. The molecular formula is C12H12ClN3O. The van der Waals surface area contributed by atoms with Crippen molar-refractivity contribution in [2.45, 2.75) is 13.8 Å². The third kappa shape index (κ3) is 2.22. The van der Waals surface area contributed by atoms with E-state index in [9.17, 15) is 0 Å². The number of pyridine rings is 1. The fourth-order valence-corrected chi connectivity index (χ4v) is 1.77. The zero-order valence-corrected chi connectivity index (χ0v) is 10.6. The van der Waals surface area contributed by atoms with Crippen molar-refractivity contribution in [2.24, 2.45) is 0 Å².